The fourth-order valence-electron chi connectivity index (χ4n) is 6.73. The number of aliphatic hydroxyl groups excluding tert-OH is 2. The van der Waals surface area contributed by atoms with Crippen LogP contribution in [-0.4, -0.2) is 102 Å². The fraction of sp³-hybridized carbons (Fsp3) is 0.583. The van der Waals surface area contributed by atoms with Gasteiger partial charge in [-0.25, -0.2) is 14.4 Å². The molecule has 0 radical (unpaired) electrons. The van der Waals surface area contributed by atoms with Crippen molar-refractivity contribution < 1.29 is 57.9 Å². The Labute approximate surface area is 289 Å². The number of carbonyl (C=O) groups is 5. The maximum absolute atomic E-state index is 13.6. The molecular weight excluding hydrogens is 652 g/mol. The molecular formula is C36H44N2O12. The predicted molar refractivity (Wildman–Crippen MR) is 174 cm³/mol. The van der Waals surface area contributed by atoms with Crippen molar-refractivity contribution >= 4 is 35.8 Å². The maximum Gasteiger partial charge on any atom is 0.348 e. The Hall–Kier alpha value is -4.11. The third-order valence-corrected chi connectivity index (χ3v) is 9.70. The Morgan fingerprint density at radius 2 is 1.80 bits per heavy atom. The number of cyclic esters (lactones) is 1. The second kappa shape index (κ2) is 14.3. The molecule has 4 N–H and O–H groups in total. The molecule has 2 heterocycles. The Balaban J connectivity index is 1.17. The molecule has 1 aromatic carbocycles. The minimum Gasteiger partial charge on any atom is -0.462 e. The second-order valence-corrected chi connectivity index (χ2v) is 14.4. The van der Waals surface area contributed by atoms with Crippen molar-refractivity contribution in [1.29, 1.82) is 0 Å². The van der Waals surface area contributed by atoms with Crippen molar-refractivity contribution in [1.82, 2.24) is 10.6 Å². The molecule has 6 atom stereocenters. The second-order valence-electron chi connectivity index (χ2n) is 14.4. The van der Waals surface area contributed by atoms with Crippen LogP contribution < -0.4 is 10.6 Å². The molecule has 4 fully saturated rings. The van der Waals surface area contributed by atoms with E-state index >= 15 is 0 Å². The summed E-state index contributed by atoms with van der Waals surface area (Å²) in [6, 6.07) is 5.10. The summed E-state index contributed by atoms with van der Waals surface area (Å²) in [4.78, 5) is 64.3. The van der Waals surface area contributed by atoms with Crippen LogP contribution in [0, 0.1) is 17.3 Å². The van der Waals surface area contributed by atoms with Gasteiger partial charge in [0.2, 0.25) is 17.9 Å². The van der Waals surface area contributed by atoms with Gasteiger partial charge in [0.1, 0.15) is 31.0 Å². The van der Waals surface area contributed by atoms with Crippen molar-refractivity contribution in [2.24, 2.45) is 17.3 Å². The van der Waals surface area contributed by atoms with E-state index in [1.807, 2.05) is 0 Å². The molecule has 5 aliphatic rings. The van der Waals surface area contributed by atoms with Crippen LogP contribution >= 0.6 is 0 Å². The summed E-state index contributed by atoms with van der Waals surface area (Å²) < 4.78 is 29.6. The first-order valence-corrected chi connectivity index (χ1v) is 17.1. The molecule has 270 valence electrons. The van der Waals surface area contributed by atoms with Crippen molar-refractivity contribution in [3.63, 3.8) is 0 Å². The van der Waals surface area contributed by atoms with Gasteiger partial charge in [-0.1, -0.05) is 26.0 Å². The summed E-state index contributed by atoms with van der Waals surface area (Å²) in [5, 5.41) is 24.4. The number of fused-ring (bicyclic) bond motifs is 1. The molecule has 3 aliphatic carbocycles. The highest BCUT2D eigenvalue weighted by molar-refractivity contribution is 5.98. The van der Waals surface area contributed by atoms with E-state index < -0.39 is 77.5 Å². The smallest absolute Gasteiger partial charge is 0.348 e. The Kier molecular flexibility index (Phi) is 10.2. The SMILES string of the molecule is C[C@H](O)[C@@H](NC(=O)C1=C[C@H]2OC(C3CC3)(C3CC3)O[C@H]2[C@H](OC(=O)c2cccc(C=CC(=O)O[C@H]3C(=O)OCC3(C)C)c2)C1)C(=O)NCCO. The highest BCUT2D eigenvalue weighted by Crippen LogP contribution is 2.59. The molecule has 2 aliphatic heterocycles. The first kappa shape index (κ1) is 35.7. The topological polar surface area (TPSA) is 196 Å². The van der Waals surface area contributed by atoms with Crippen LogP contribution in [0.5, 0.6) is 0 Å². The van der Waals surface area contributed by atoms with Gasteiger partial charge in [-0.05, 0) is 62.5 Å². The number of ether oxygens (including phenoxy) is 5. The van der Waals surface area contributed by atoms with E-state index in [1.165, 1.54) is 19.1 Å². The summed E-state index contributed by atoms with van der Waals surface area (Å²) in [5.41, 5.74) is 0.233. The maximum atomic E-state index is 13.6. The van der Waals surface area contributed by atoms with Gasteiger partial charge in [0.15, 0.2) is 5.79 Å². The lowest BCUT2D eigenvalue weighted by Gasteiger charge is -2.31. The van der Waals surface area contributed by atoms with Gasteiger partial charge in [-0.15, -0.1) is 0 Å². The molecule has 14 heteroatoms. The van der Waals surface area contributed by atoms with Gasteiger partial charge >= 0.3 is 17.9 Å². The first-order valence-electron chi connectivity index (χ1n) is 17.1. The standard InChI is InChI=1S/C36H44N2O12/c1-19(40)28(32(43)37-13-14-39)38-31(42)22-16-25(29-26(17-22)49-36(50-29,23-8-9-23)24-10-11-24)47-33(44)21-6-4-5-20(15-21)7-12-27(41)48-30-34(45)46-18-35(30,2)3/h4-7,12,15,17,19,23-26,28-30,39-40H,8-11,13-14,16,18H2,1-3H3,(H,37,43)(H,38,42)/t19-,25+,26+,28+,29-,30-/m0/s1. The minimum atomic E-state index is -1.29. The third-order valence-electron chi connectivity index (χ3n) is 9.70. The molecule has 1 aromatic rings. The summed E-state index contributed by atoms with van der Waals surface area (Å²) in [7, 11) is 0. The number of hydrogen-bond acceptors (Lipinski definition) is 12. The number of amides is 2. The van der Waals surface area contributed by atoms with E-state index in [2.05, 4.69) is 10.6 Å². The van der Waals surface area contributed by atoms with Crippen LogP contribution in [0.1, 0.15) is 68.8 Å². The largest absolute Gasteiger partial charge is 0.462 e. The zero-order valence-corrected chi connectivity index (χ0v) is 28.3. The van der Waals surface area contributed by atoms with E-state index in [4.69, 9.17) is 28.8 Å². The highest BCUT2D eigenvalue weighted by Gasteiger charge is 2.64. The molecule has 2 amide bonds. The van der Waals surface area contributed by atoms with Crippen LogP contribution in [0.3, 0.4) is 0 Å². The zero-order chi connectivity index (χ0) is 35.8. The van der Waals surface area contributed by atoms with Crippen molar-refractivity contribution in [3.8, 4) is 0 Å². The number of hydrogen-bond donors (Lipinski definition) is 4. The number of aliphatic hydroxyl groups is 2. The predicted octanol–water partition coefficient (Wildman–Crippen LogP) is 1.32. The summed E-state index contributed by atoms with van der Waals surface area (Å²) >= 11 is 0. The van der Waals surface area contributed by atoms with Gasteiger partial charge < -0.3 is 44.5 Å². The van der Waals surface area contributed by atoms with Gasteiger partial charge in [0, 0.05) is 41.9 Å². The quantitative estimate of drug-likeness (QED) is 0.131. The Bertz CT molecular complexity index is 1560. The molecule has 0 bridgehead atoms. The van der Waals surface area contributed by atoms with E-state index in [-0.39, 0.29) is 49.2 Å². The van der Waals surface area contributed by atoms with Crippen molar-refractivity contribution in [3.05, 3.63) is 53.1 Å². The molecule has 2 saturated heterocycles. The molecule has 6 rings (SSSR count). The Morgan fingerprint density at radius 3 is 2.42 bits per heavy atom. The van der Waals surface area contributed by atoms with Crippen LogP contribution in [-0.2, 0) is 42.9 Å². The van der Waals surface area contributed by atoms with Crippen LogP contribution in [0.15, 0.2) is 42.0 Å². The average Bonchev–Trinajstić information content (AvgIpc) is 4.03. The van der Waals surface area contributed by atoms with Crippen molar-refractivity contribution in [2.45, 2.75) is 95.2 Å². The van der Waals surface area contributed by atoms with Gasteiger partial charge in [-0.2, -0.15) is 0 Å². The average molecular weight is 697 g/mol. The number of rotatable bonds is 13. The highest BCUT2D eigenvalue weighted by atomic mass is 16.8. The normalized spacial score (nSPS) is 27.8. The Morgan fingerprint density at radius 1 is 1.08 bits per heavy atom. The van der Waals surface area contributed by atoms with Gasteiger partial charge in [0.25, 0.3) is 0 Å². The lowest BCUT2D eigenvalue weighted by molar-refractivity contribution is -0.209. The minimum absolute atomic E-state index is 0.0380. The van der Waals surface area contributed by atoms with E-state index in [0.717, 1.165) is 31.8 Å². The number of esters is 3. The zero-order valence-electron chi connectivity index (χ0n) is 28.3. The lowest BCUT2D eigenvalue weighted by atomic mass is 9.90. The summed E-state index contributed by atoms with van der Waals surface area (Å²) in [5.74, 6) is -3.73. The number of benzene rings is 1. The summed E-state index contributed by atoms with van der Waals surface area (Å²) in [6.45, 7) is 4.69. The molecule has 0 unspecified atom stereocenters. The molecule has 14 nitrogen and oxygen atoms in total. The van der Waals surface area contributed by atoms with Crippen molar-refractivity contribution in [2.75, 3.05) is 19.8 Å². The molecule has 0 spiro atoms. The van der Waals surface area contributed by atoms with E-state index in [0.29, 0.717) is 5.56 Å². The molecule has 0 aromatic heterocycles. The lowest BCUT2D eigenvalue weighted by Crippen LogP contribution is -2.54. The van der Waals surface area contributed by atoms with E-state index in [9.17, 15) is 29.1 Å². The van der Waals surface area contributed by atoms with Crippen LogP contribution in [0.4, 0.5) is 0 Å². The number of nitrogens with one attached hydrogen (secondary N) is 2. The first-order chi connectivity index (χ1) is 23.8. The molecule has 2 saturated carbocycles. The number of carbonyl (C=O) groups excluding carboxylic acids is 5. The summed E-state index contributed by atoms with van der Waals surface area (Å²) in [6.07, 6.45) is 3.48. The molecule has 50 heavy (non-hydrogen) atoms. The third kappa shape index (κ3) is 7.63. The van der Waals surface area contributed by atoms with Crippen LogP contribution in [0.25, 0.3) is 6.08 Å². The van der Waals surface area contributed by atoms with E-state index in [1.54, 1.807) is 38.1 Å². The fourth-order valence-corrected chi connectivity index (χ4v) is 6.73. The monoisotopic (exact) mass is 696 g/mol. The van der Waals surface area contributed by atoms with Gasteiger partial charge in [-0.3, -0.25) is 9.59 Å². The van der Waals surface area contributed by atoms with Crippen LogP contribution in [0.2, 0.25) is 0 Å². The van der Waals surface area contributed by atoms with Gasteiger partial charge in [0.05, 0.1) is 18.3 Å².